The molecule has 0 bridgehead atoms. The molecule has 0 radical (unpaired) electrons. The maximum atomic E-state index is 12.8. The van der Waals surface area contributed by atoms with Crippen molar-refractivity contribution in [2.45, 2.75) is 32.2 Å². The molecule has 7 nitrogen and oxygen atoms in total. The Balaban J connectivity index is 2.17. The third-order valence-electron chi connectivity index (χ3n) is 4.72. The Labute approximate surface area is 161 Å². The van der Waals surface area contributed by atoms with Gasteiger partial charge in [-0.3, -0.25) is 9.59 Å². The molecule has 1 heterocycles. The van der Waals surface area contributed by atoms with Crippen molar-refractivity contribution < 1.29 is 18.0 Å². The van der Waals surface area contributed by atoms with Crippen LogP contribution in [-0.2, 0) is 19.4 Å². The molecule has 1 N–H and O–H groups in total. The third-order valence-corrected chi connectivity index (χ3v) is 6.47. The molecular formula is C19H29N3O4S. The predicted molar refractivity (Wildman–Crippen MR) is 106 cm³/mol. The first-order valence-electron chi connectivity index (χ1n) is 9.16. The molecule has 0 aromatic heterocycles. The van der Waals surface area contributed by atoms with Crippen LogP contribution in [0.15, 0.2) is 24.3 Å². The fourth-order valence-corrected chi connectivity index (χ4v) is 4.93. The first kappa shape index (κ1) is 21.4. The van der Waals surface area contributed by atoms with Gasteiger partial charge in [-0.25, -0.2) is 8.42 Å². The largest absolute Gasteiger partial charge is 0.329 e. The lowest BCUT2D eigenvalue weighted by atomic mass is 10.0. The number of rotatable bonds is 6. The van der Waals surface area contributed by atoms with Crippen LogP contribution in [-0.4, -0.2) is 74.8 Å². The highest BCUT2D eigenvalue weighted by Crippen LogP contribution is 2.24. The van der Waals surface area contributed by atoms with Gasteiger partial charge in [0.15, 0.2) is 9.84 Å². The molecule has 2 rings (SSSR count). The number of sulfone groups is 1. The fourth-order valence-electron chi connectivity index (χ4n) is 3.20. The van der Waals surface area contributed by atoms with Crippen molar-refractivity contribution in [2.75, 3.05) is 44.0 Å². The average Bonchev–Trinajstić information content (AvgIpc) is 2.94. The van der Waals surface area contributed by atoms with Gasteiger partial charge in [0, 0.05) is 24.8 Å². The molecule has 27 heavy (non-hydrogen) atoms. The van der Waals surface area contributed by atoms with Crippen LogP contribution >= 0.6 is 0 Å². The molecule has 1 fully saturated rings. The van der Waals surface area contributed by atoms with E-state index in [-0.39, 0.29) is 17.4 Å². The van der Waals surface area contributed by atoms with Gasteiger partial charge in [-0.15, -0.1) is 0 Å². The zero-order valence-corrected chi connectivity index (χ0v) is 17.3. The van der Waals surface area contributed by atoms with Gasteiger partial charge in [-0.1, -0.05) is 32.0 Å². The highest BCUT2D eigenvalue weighted by Gasteiger charge is 2.36. The number of anilines is 1. The van der Waals surface area contributed by atoms with Crippen molar-refractivity contribution in [1.82, 2.24) is 9.80 Å². The standard InChI is InChI=1S/C19H29N3O4S/c1-14(2)16-7-5-6-8-17(16)20-18(23)19(24)22(11-10-21(3)4)15-9-12-27(25,26)13-15/h5-8,14-15H,9-13H2,1-4H3,(H,20,23). The van der Waals surface area contributed by atoms with E-state index in [9.17, 15) is 18.0 Å². The van der Waals surface area contributed by atoms with Gasteiger partial charge >= 0.3 is 11.8 Å². The summed E-state index contributed by atoms with van der Waals surface area (Å²) in [7, 11) is 0.582. The van der Waals surface area contributed by atoms with E-state index in [1.807, 2.05) is 45.0 Å². The number of nitrogens with one attached hydrogen (secondary N) is 1. The summed E-state index contributed by atoms with van der Waals surface area (Å²) in [5, 5.41) is 2.71. The van der Waals surface area contributed by atoms with Gasteiger partial charge in [-0.05, 0) is 38.1 Å². The molecule has 1 aliphatic heterocycles. The molecule has 1 aromatic rings. The lowest BCUT2D eigenvalue weighted by Gasteiger charge is -2.29. The second-order valence-corrected chi connectivity index (χ2v) is 9.78. The lowest BCUT2D eigenvalue weighted by Crippen LogP contribution is -2.49. The van der Waals surface area contributed by atoms with E-state index in [1.54, 1.807) is 12.1 Å². The van der Waals surface area contributed by atoms with Crippen molar-refractivity contribution in [3.8, 4) is 0 Å². The lowest BCUT2D eigenvalue weighted by molar-refractivity contribution is -0.144. The number of hydrogen-bond acceptors (Lipinski definition) is 5. The highest BCUT2D eigenvalue weighted by molar-refractivity contribution is 7.91. The number of para-hydroxylation sites is 1. The maximum Gasteiger partial charge on any atom is 0.313 e. The molecule has 1 aromatic carbocycles. The first-order valence-corrected chi connectivity index (χ1v) is 11.0. The van der Waals surface area contributed by atoms with Gasteiger partial charge in [0.05, 0.1) is 11.5 Å². The van der Waals surface area contributed by atoms with E-state index < -0.39 is 27.7 Å². The Hall–Kier alpha value is -1.93. The van der Waals surface area contributed by atoms with E-state index in [2.05, 4.69) is 5.32 Å². The Bertz CT molecular complexity index is 790. The highest BCUT2D eigenvalue weighted by atomic mass is 32.2. The second kappa shape index (κ2) is 8.84. The summed E-state index contributed by atoms with van der Waals surface area (Å²) in [6.45, 7) is 4.89. The predicted octanol–water partition coefficient (Wildman–Crippen LogP) is 1.33. The van der Waals surface area contributed by atoms with Crippen molar-refractivity contribution in [2.24, 2.45) is 0 Å². The number of hydrogen-bond donors (Lipinski definition) is 1. The van der Waals surface area contributed by atoms with E-state index in [4.69, 9.17) is 0 Å². The van der Waals surface area contributed by atoms with E-state index in [0.717, 1.165) is 5.56 Å². The minimum absolute atomic E-state index is 0.0568. The maximum absolute atomic E-state index is 12.8. The van der Waals surface area contributed by atoms with Crippen molar-refractivity contribution in [1.29, 1.82) is 0 Å². The number of carbonyl (C=O) groups excluding carboxylic acids is 2. The monoisotopic (exact) mass is 395 g/mol. The minimum atomic E-state index is -3.15. The van der Waals surface area contributed by atoms with Crippen LogP contribution in [0.1, 0.15) is 31.7 Å². The Morgan fingerprint density at radius 1 is 1.19 bits per heavy atom. The van der Waals surface area contributed by atoms with E-state index in [0.29, 0.717) is 25.2 Å². The number of benzene rings is 1. The second-order valence-electron chi connectivity index (χ2n) is 7.55. The molecule has 150 valence electrons. The molecular weight excluding hydrogens is 366 g/mol. The zero-order valence-electron chi connectivity index (χ0n) is 16.4. The zero-order chi connectivity index (χ0) is 20.2. The molecule has 0 aliphatic carbocycles. The third kappa shape index (κ3) is 5.77. The number of amides is 2. The number of likely N-dealkylation sites (N-methyl/N-ethyl adjacent to an activating group) is 1. The molecule has 0 saturated carbocycles. The summed E-state index contributed by atoms with van der Waals surface area (Å²) in [6.07, 6.45) is 0.372. The molecule has 2 amide bonds. The Morgan fingerprint density at radius 2 is 1.85 bits per heavy atom. The Morgan fingerprint density at radius 3 is 2.41 bits per heavy atom. The van der Waals surface area contributed by atoms with Crippen LogP contribution in [0.2, 0.25) is 0 Å². The van der Waals surface area contributed by atoms with Crippen LogP contribution in [0.5, 0.6) is 0 Å². The molecule has 0 spiro atoms. The summed E-state index contributed by atoms with van der Waals surface area (Å²) in [6, 6.07) is 6.93. The molecule has 1 saturated heterocycles. The summed E-state index contributed by atoms with van der Waals surface area (Å²) in [4.78, 5) is 28.8. The van der Waals surface area contributed by atoms with Gasteiger partial charge in [0.1, 0.15) is 0 Å². The van der Waals surface area contributed by atoms with Crippen LogP contribution in [0, 0.1) is 0 Å². The van der Waals surface area contributed by atoms with Gasteiger partial charge < -0.3 is 15.1 Å². The number of carbonyl (C=O) groups is 2. The van der Waals surface area contributed by atoms with Crippen molar-refractivity contribution in [3.05, 3.63) is 29.8 Å². The van der Waals surface area contributed by atoms with E-state index >= 15 is 0 Å². The summed E-state index contributed by atoms with van der Waals surface area (Å²) < 4.78 is 23.7. The summed E-state index contributed by atoms with van der Waals surface area (Å²) in [5.41, 5.74) is 1.55. The van der Waals surface area contributed by atoms with E-state index in [1.165, 1.54) is 4.90 Å². The summed E-state index contributed by atoms with van der Waals surface area (Å²) >= 11 is 0. The first-order chi connectivity index (χ1) is 12.6. The van der Waals surface area contributed by atoms with Gasteiger partial charge in [-0.2, -0.15) is 0 Å². The van der Waals surface area contributed by atoms with Crippen LogP contribution in [0.25, 0.3) is 0 Å². The normalized spacial score (nSPS) is 18.7. The number of nitrogens with zero attached hydrogens (tertiary/aromatic N) is 2. The SMILES string of the molecule is CC(C)c1ccccc1NC(=O)C(=O)N(CCN(C)C)C1CCS(=O)(=O)C1. The molecule has 1 aliphatic rings. The quantitative estimate of drug-likeness (QED) is 0.734. The molecule has 8 heteroatoms. The van der Waals surface area contributed by atoms with Gasteiger partial charge in [0.2, 0.25) is 0 Å². The van der Waals surface area contributed by atoms with Crippen molar-refractivity contribution in [3.63, 3.8) is 0 Å². The molecule has 1 unspecified atom stereocenters. The van der Waals surface area contributed by atoms with Crippen LogP contribution in [0.3, 0.4) is 0 Å². The summed E-state index contributed by atoms with van der Waals surface area (Å²) in [5.74, 6) is -1.24. The minimum Gasteiger partial charge on any atom is -0.329 e. The smallest absolute Gasteiger partial charge is 0.313 e. The molecule has 1 atom stereocenters. The van der Waals surface area contributed by atoms with Crippen molar-refractivity contribution >= 4 is 27.3 Å². The fraction of sp³-hybridized carbons (Fsp3) is 0.579. The van der Waals surface area contributed by atoms with Gasteiger partial charge in [0.25, 0.3) is 0 Å². The average molecular weight is 396 g/mol. The topological polar surface area (TPSA) is 86.8 Å². The Kier molecular flexibility index (Phi) is 7.00. The van der Waals surface area contributed by atoms with Crippen LogP contribution < -0.4 is 5.32 Å². The van der Waals surface area contributed by atoms with Crippen LogP contribution in [0.4, 0.5) is 5.69 Å².